The maximum absolute atomic E-state index is 13.4. The van der Waals surface area contributed by atoms with Crippen molar-refractivity contribution in [2.45, 2.75) is 43.0 Å². The Balaban J connectivity index is 1.96. The zero-order valence-corrected chi connectivity index (χ0v) is 16.7. The summed E-state index contributed by atoms with van der Waals surface area (Å²) < 4.78 is 28.3. The van der Waals surface area contributed by atoms with E-state index in [0.29, 0.717) is 5.56 Å². The maximum atomic E-state index is 13.4. The Morgan fingerprint density at radius 2 is 1.69 bits per heavy atom. The Kier molecular flexibility index (Phi) is 5.67. The van der Waals surface area contributed by atoms with Crippen LogP contribution >= 0.6 is 11.3 Å². The van der Waals surface area contributed by atoms with Crippen molar-refractivity contribution in [3.63, 3.8) is 0 Å². The molecule has 5 nitrogen and oxygen atoms in total. The first-order chi connectivity index (χ1) is 12.4. The highest BCUT2D eigenvalue weighted by atomic mass is 32.2. The van der Waals surface area contributed by atoms with Crippen LogP contribution in [0.3, 0.4) is 0 Å². The maximum Gasteiger partial charge on any atom is 0.264 e. The van der Waals surface area contributed by atoms with E-state index < -0.39 is 10.0 Å². The summed E-state index contributed by atoms with van der Waals surface area (Å²) in [5.41, 5.74) is 1.21. The number of nitrogens with zero attached hydrogens (tertiary/aromatic N) is 2. The molecule has 1 saturated carbocycles. The summed E-state index contributed by atoms with van der Waals surface area (Å²) in [5.74, 6) is -0.143. The van der Waals surface area contributed by atoms with E-state index in [-0.39, 0.29) is 16.8 Å². The van der Waals surface area contributed by atoms with E-state index in [1.54, 1.807) is 30.5 Å². The van der Waals surface area contributed by atoms with Crippen LogP contribution in [0.25, 0.3) is 0 Å². The normalized spacial score (nSPS) is 15.6. The van der Waals surface area contributed by atoms with E-state index in [4.69, 9.17) is 0 Å². The Labute approximate surface area is 159 Å². The second-order valence-electron chi connectivity index (χ2n) is 6.80. The smallest absolute Gasteiger partial charge is 0.264 e. The molecule has 140 valence electrons. The molecule has 0 N–H and O–H groups in total. The summed E-state index contributed by atoms with van der Waals surface area (Å²) in [7, 11) is -0.321. The first-order valence-corrected chi connectivity index (χ1v) is 11.2. The lowest BCUT2D eigenvalue weighted by molar-refractivity contribution is 0.0827. The number of rotatable bonds is 5. The average molecular weight is 393 g/mol. The van der Waals surface area contributed by atoms with Gasteiger partial charge >= 0.3 is 0 Å². The number of thiophene rings is 1. The lowest BCUT2D eigenvalue weighted by Crippen LogP contribution is -2.41. The Morgan fingerprint density at radius 3 is 2.23 bits per heavy atom. The minimum absolute atomic E-state index is 0.00793. The molecule has 0 bridgehead atoms. The Hall–Kier alpha value is -1.86. The molecule has 0 spiro atoms. The molecular weight excluding hydrogens is 368 g/mol. The lowest BCUT2D eigenvalue weighted by atomic mass is 9.95. The second-order valence-corrected chi connectivity index (χ2v) is 9.39. The highest BCUT2D eigenvalue weighted by Gasteiger charge is 2.33. The standard InChI is InChI=1S/C19H24N2O3S2/c1-20(2)19(22)15-8-10-18(11-9-15)26(23,24)21(17-12-13-25-14-17)16-6-4-3-5-7-16/h8-14,16H,3-7H2,1-2H3. The van der Waals surface area contributed by atoms with Crippen LogP contribution in [0.15, 0.2) is 46.0 Å². The van der Waals surface area contributed by atoms with Gasteiger partial charge in [0.2, 0.25) is 0 Å². The fourth-order valence-corrected chi connectivity index (χ4v) is 5.78. The molecule has 1 aliphatic rings. The van der Waals surface area contributed by atoms with E-state index >= 15 is 0 Å². The third-order valence-corrected chi connectivity index (χ3v) is 7.30. The van der Waals surface area contributed by atoms with Crippen molar-refractivity contribution in [1.82, 2.24) is 4.90 Å². The van der Waals surface area contributed by atoms with Gasteiger partial charge in [-0.3, -0.25) is 9.10 Å². The van der Waals surface area contributed by atoms with Gasteiger partial charge in [-0.1, -0.05) is 19.3 Å². The van der Waals surface area contributed by atoms with E-state index in [1.807, 2.05) is 16.8 Å². The van der Waals surface area contributed by atoms with Gasteiger partial charge in [-0.05, 0) is 48.6 Å². The van der Waals surface area contributed by atoms with Crippen LogP contribution in [0.2, 0.25) is 0 Å². The fraction of sp³-hybridized carbons (Fsp3) is 0.421. The molecule has 0 saturated heterocycles. The summed E-state index contributed by atoms with van der Waals surface area (Å²) in [6.07, 6.45) is 5.03. The second kappa shape index (κ2) is 7.80. The van der Waals surface area contributed by atoms with Crippen molar-refractivity contribution < 1.29 is 13.2 Å². The van der Waals surface area contributed by atoms with Crippen molar-refractivity contribution in [3.8, 4) is 0 Å². The third-order valence-electron chi connectivity index (χ3n) is 4.73. The summed E-state index contributed by atoms with van der Waals surface area (Å²) >= 11 is 1.50. The van der Waals surface area contributed by atoms with Gasteiger partial charge in [0.05, 0.1) is 10.6 Å². The molecule has 1 heterocycles. The predicted octanol–water partition coefficient (Wildman–Crippen LogP) is 3.98. The van der Waals surface area contributed by atoms with Gasteiger partial charge in [-0.2, -0.15) is 11.3 Å². The quantitative estimate of drug-likeness (QED) is 0.773. The predicted molar refractivity (Wildman–Crippen MR) is 105 cm³/mol. The number of carbonyl (C=O) groups is 1. The number of benzene rings is 1. The molecule has 1 amide bonds. The molecule has 0 radical (unpaired) electrons. The lowest BCUT2D eigenvalue weighted by Gasteiger charge is -2.34. The van der Waals surface area contributed by atoms with Gasteiger partial charge in [0, 0.05) is 31.1 Å². The number of sulfonamides is 1. The zero-order chi connectivity index (χ0) is 18.7. The van der Waals surface area contributed by atoms with Crippen molar-refractivity contribution in [2.24, 2.45) is 0 Å². The molecule has 1 aromatic heterocycles. The van der Waals surface area contributed by atoms with Crippen LogP contribution in [0.4, 0.5) is 5.69 Å². The zero-order valence-electron chi connectivity index (χ0n) is 15.1. The van der Waals surface area contributed by atoms with Crippen LogP contribution in [0, 0.1) is 0 Å². The van der Waals surface area contributed by atoms with Gasteiger partial charge in [0.1, 0.15) is 0 Å². The van der Waals surface area contributed by atoms with Crippen molar-refractivity contribution in [1.29, 1.82) is 0 Å². The van der Waals surface area contributed by atoms with Crippen molar-refractivity contribution >= 4 is 33.0 Å². The minimum Gasteiger partial charge on any atom is -0.345 e. The van der Waals surface area contributed by atoms with E-state index in [9.17, 15) is 13.2 Å². The molecule has 1 aliphatic carbocycles. The van der Waals surface area contributed by atoms with Gasteiger partial charge in [-0.25, -0.2) is 8.42 Å². The van der Waals surface area contributed by atoms with Crippen LogP contribution in [0.1, 0.15) is 42.5 Å². The van der Waals surface area contributed by atoms with Gasteiger partial charge in [0.15, 0.2) is 0 Å². The highest BCUT2D eigenvalue weighted by Crippen LogP contribution is 2.33. The first-order valence-electron chi connectivity index (χ1n) is 8.79. The summed E-state index contributed by atoms with van der Waals surface area (Å²) in [4.78, 5) is 13.7. The van der Waals surface area contributed by atoms with Crippen LogP contribution in [-0.4, -0.2) is 39.4 Å². The topological polar surface area (TPSA) is 57.7 Å². The summed E-state index contributed by atoms with van der Waals surface area (Å²) in [5, 5.41) is 3.79. The number of anilines is 1. The summed E-state index contributed by atoms with van der Waals surface area (Å²) in [6, 6.07) is 8.10. The number of hydrogen-bond acceptors (Lipinski definition) is 4. The molecule has 26 heavy (non-hydrogen) atoms. The van der Waals surface area contributed by atoms with Crippen LogP contribution < -0.4 is 4.31 Å². The number of amides is 1. The molecule has 0 atom stereocenters. The molecule has 1 aromatic carbocycles. The average Bonchev–Trinajstić information content (AvgIpc) is 3.16. The molecule has 0 aliphatic heterocycles. The highest BCUT2D eigenvalue weighted by molar-refractivity contribution is 7.92. The van der Waals surface area contributed by atoms with Crippen molar-refractivity contribution in [3.05, 3.63) is 46.7 Å². The monoisotopic (exact) mass is 392 g/mol. The number of hydrogen-bond donors (Lipinski definition) is 0. The SMILES string of the molecule is CN(C)C(=O)c1ccc(S(=O)(=O)N(c2ccsc2)C2CCCCC2)cc1. The largest absolute Gasteiger partial charge is 0.345 e. The van der Waals surface area contributed by atoms with Gasteiger partial charge < -0.3 is 4.90 Å². The molecule has 7 heteroatoms. The molecule has 1 fully saturated rings. The summed E-state index contributed by atoms with van der Waals surface area (Å²) in [6.45, 7) is 0. The van der Waals surface area contributed by atoms with Gasteiger partial charge in [0.25, 0.3) is 15.9 Å². The van der Waals surface area contributed by atoms with Crippen molar-refractivity contribution in [2.75, 3.05) is 18.4 Å². The fourth-order valence-electron chi connectivity index (χ4n) is 3.39. The Morgan fingerprint density at radius 1 is 1.04 bits per heavy atom. The molecule has 0 unspecified atom stereocenters. The van der Waals surface area contributed by atoms with Crippen LogP contribution in [-0.2, 0) is 10.0 Å². The van der Waals surface area contributed by atoms with Crippen LogP contribution in [0.5, 0.6) is 0 Å². The van der Waals surface area contributed by atoms with E-state index in [1.165, 1.54) is 28.4 Å². The van der Waals surface area contributed by atoms with Gasteiger partial charge in [-0.15, -0.1) is 0 Å². The number of carbonyl (C=O) groups excluding carboxylic acids is 1. The third kappa shape index (κ3) is 3.78. The first kappa shape index (κ1) is 18.9. The molecule has 2 aromatic rings. The minimum atomic E-state index is -3.67. The molecular formula is C19H24N2O3S2. The molecule has 3 rings (SSSR count). The Bertz CT molecular complexity index is 837. The van der Waals surface area contributed by atoms with E-state index in [2.05, 4.69) is 0 Å². The van der Waals surface area contributed by atoms with E-state index in [0.717, 1.165) is 37.8 Å².